The van der Waals surface area contributed by atoms with Gasteiger partial charge in [-0.3, -0.25) is 14.5 Å². The Morgan fingerprint density at radius 1 is 1.15 bits per heavy atom. The number of hydrogen-bond acceptors (Lipinski definition) is 4. The van der Waals surface area contributed by atoms with Crippen molar-refractivity contribution >= 4 is 11.8 Å². The van der Waals surface area contributed by atoms with Crippen molar-refractivity contribution in [2.24, 2.45) is 11.3 Å². The molecule has 1 aromatic carbocycles. The molecule has 2 aliphatic heterocycles. The molecule has 6 nitrogen and oxygen atoms in total. The van der Waals surface area contributed by atoms with Gasteiger partial charge in [0.1, 0.15) is 5.75 Å². The first-order valence-electron chi connectivity index (χ1n) is 9.70. The van der Waals surface area contributed by atoms with Crippen molar-refractivity contribution in [3.05, 3.63) is 29.8 Å². The molecule has 3 rings (SSSR count). The second-order valence-electron chi connectivity index (χ2n) is 8.40. The highest BCUT2D eigenvalue weighted by molar-refractivity contribution is 5.80. The first-order valence-corrected chi connectivity index (χ1v) is 9.70. The molecule has 148 valence electrons. The summed E-state index contributed by atoms with van der Waals surface area (Å²) >= 11 is 0. The quantitative estimate of drug-likeness (QED) is 0.808. The van der Waals surface area contributed by atoms with Crippen LogP contribution in [0.4, 0.5) is 0 Å². The number of amides is 2. The number of likely N-dealkylation sites (tertiary alicyclic amines) is 1. The summed E-state index contributed by atoms with van der Waals surface area (Å²) in [6.45, 7) is 8.45. The fourth-order valence-electron chi connectivity index (χ4n) is 4.34. The van der Waals surface area contributed by atoms with E-state index in [2.05, 4.69) is 17.0 Å². The zero-order valence-corrected chi connectivity index (χ0v) is 16.9. The zero-order chi connectivity index (χ0) is 19.6. The van der Waals surface area contributed by atoms with E-state index in [1.165, 1.54) is 5.56 Å². The second kappa shape index (κ2) is 7.89. The molecule has 1 atom stereocenters. The number of carbonyl (C=O) groups excluding carboxylic acids is 2. The Bertz CT molecular complexity index is 688. The maximum atomic E-state index is 12.7. The van der Waals surface area contributed by atoms with E-state index < -0.39 is 0 Å². The fourth-order valence-corrected chi connectivity index (χ4v) is 4.34. The van der Waals surface area contributed by atoms with E-state index in [4.69, 9.17) is 4.74 Å². The van der Waals surface area contributed by atoms with Crippen LogP contribution in [0.2, 0.25) is 0 Å². The van der Waals surface area contributed by atoms with E-state index in [1.54, 1.807) is 7.11 Å². The maximum absolute atomic E-state index is 12.7. The number of ether oxygens (including phenoxy) is 1. The van der Waals surface area contributed by atoms with Crippen molar-refractivity contribution in [1.29, 1.82) is 0 Å². The van der Waals surface area contributed by atoms with E-state index in [-0.39, 0.29) is 23.1 Å². The third-order valence-corrected chi connectivity index (χ3v) is 5.67. The minimum absolute atomic E-state index is 0.0231. The molecule has 2 heterocycles. The maximum Gasteiger partial charge on any atom is 0.225 e. The summed E-state index contributed by atoms with van der Waals surface area (Å²) in [5.41, 5.74) is 1.03. The van der Waals surface area contributed by atoms with Gasteiger partial charge in [-0.2, -0.15) is 0 Å². The Balaban J connectivity index is 1.79. The lowest BCUT2D eigenvalue weighted by Crippen LogP contribution is -2.45. The Kier molecular flexibility index (Phi) is 5.75. The van der Waals surface area contributed by atoms with Crippen molar-refractivity contribution in [3.8, 4) is 5.75 Å². The summed E-state index contributed by atoms with van der Waals surface area (Å²) in [5.74, 6) is 1.19. The van der Waals surface area contributed by atoms with E-state index in [0.29, 0.717) is 26.1 Å². The molecule has 6 heteroatoms. The van der Waals surface area contributed by atoms with Gasteiger partial charge in [0.2, 0.25) is 11.8 Å². The molecule has 0 radical (unpaired) electrons. The van der Waals surface area contributed by atoms with Crippen molar-refractivity contribution < 1.29 is 14.3 Å². The standard InChI is InChI=1S/C21H31N3O3/c1-16(2)20(26)24-10-9-23(12-17-5-7-18(27-4)8-6-17)14-21(15-24)11-19(25)22(3)13-21/h5-8,16H,9-15H2,1-4H3. The molecule has 0 bridgehead atoms. The monoisotopic (exact) mass is 373 g/mol. The highest BCUT2D eigenvalue weighted by atomic mass is 16.5. The van der Waals surface area contributed by atoms with Gasteiger partial charge in [0.05, 0.1) is 7.11 Å². The minimum atomic E-state index is -0.181. The van der Waals surface area contributed by atoms with Gasteiger partial charge in [0.25, 0.3) is 0 Å². The van der Waals surface area contributed by atoms with Crippen molar-refractivity contribution in [2.75, 3.05) is 46.9 Å². The normalized spacial score (nSPS) is 24.0. The van der Waals surface area contributed by atoms with Crippen LogP contribution < -0.4 is 4.74 Å². The molecule has 2 aliphatic rings. The van der Waals surface area contributed by atoms with Crippen LogP contribution in [0, 0.1) is 11.3 Å². The molecule has 0 saturated carbocycles. The van der Waals surface area contributed by atoms with E-state index >= 15 is 0 Å². The summed E-state index contributed by atoms with van der Waals surface area (Å²) in [7, 11) is 3.53. The Labute approximate surface area is 162 Å². The average Bonchev–Trinajstić information content (AvgIpc) is 2.80. The average molecular weight is 373 g/mol. The predicted molar refractivity (Wildman–Crippen MR) is 104 cm³/mol. The third-order valence-electron chi connectivity index (χ3n) is 5.67. The number of benzene rings is 1. The molecule has 1 aromatic rings. The summed E-state index contributed by atoms with van der Waals surface area (Å²) in [4.78, 5) is 31.2. The molecule has 1 unspecified atom stereocenters. The van der Waals surface area contributed by atoms with Crippen molar-refractivity contribution in [1.82, 2.24) is 14.7 Å². The molecule has 2 amide bonds. The molecule has 0 aliphatic carbocycles. The fraction of sp³-hybridized carbons (Fsp3) is 0.619. The Morgan fingerprint density at radius 2 is 1.85 bits per heavy atom. The predicted octanol–water partition coefficient (Wildman–Crippen LogP) is 1.84. The second-order valence-corrected chi connectivity index (χ2v) is 8.40. The Morgan fingerprint density at radius 3 is 2.41 bits per heavy atom. The molecule has 0 aromatic heterocycles. The van der Waals surface area contributed by atoms with Gasteiger partial charge in [-0.15, -0.1) is 0 Å². The van der Waals surface area contributed by atoms with Crippen LogP contribution >= 0.6 is 0 Å². The smallest absolute Gasteiger partial charge is 0.225 e. The number of methoxy groups -OCH3 is 1. The van der Waals surface area contributed by atoms with E-state index in [9.17, 15) is 9.59 Å². The first-order chi connectivity index (χ1) is 12.8. The zero-order valence-electron chi connectivity index (χ0n) is 16.9. The number of carbonyl (C=O) groups is 2. The highest BCUT2D eigenvalue weighted by Crippen LogP contribution is 2.35. The van der Waals surface area contributed by atoms with Crippen LogP contribution in [0.15, 0.2) is 24.3 Å². The van der Waals surface area contributed by atoms with Gasteiger partial charge >= 0.3 is 0 Å². The molecule has 1 spiro atoms. The molecule has 27 heavy (non-hydrogen) atoms. The van der Waals surface area contributed by atoms with Gasteiger partial charge in [-0.25, -0.2) is 0 Å². The molecule has 2 saturated heterocycles. The van der Waals surface area contributed by atoms with Crippen molar-refractivity contribution in [3.63, 3.8) is 0 Å². The summed E-state index contributed by atoms with van der Waals surface area (Å²) in [5, 5.41) is 0. The van der Waals surface area contributed by atoms with Gasteiger partial charge in [-0.1, -0.05) is 26.0 Å². The van der Waals surface area contributed by atoms with Gasteiger partial charge in [0.15, 0.2) is 0 Å². The molecular formula is C21H31N3O3. The number of hydrogen-bond donors (Lipinski definition) is 0. The number of nitrogens with zero attached hydrogens (tertiary/aromatic N) is 3. The van der Waals surface area contributed by atoms with Crippen LogP contribution in [0.25, 0.3) is 0 Å². The molecular weight excluding hydrogens is 342 g/mol. The topological polar surface area (TPSA) is 53.1 Å². The lowest BCUT2D eigenvalue weighted by Gasteiger charge is -2.34. The van der Waals surface area contributed by atoms with Gasteiger partial charge < -0.3 is 14.5 Å². The molecule has 2 fully saturated rings. The number of rotatable bonds is 4. The van der Waals surface area contributed by atoms with Crippen molar-refractivity contribution in [2.45, 2.75) is 26.8 Å². The van der Waals surface area contributed by atoms with Gasteiger partial charge in [-0.05, 0) is 17.7 Å². The van der Waals surface area contributed by atoms with Gasteiger partial charge in [0, 0.05) is 64.1 Å². The van der Waals surface area contributed by atoms with E-state index in [0.717, 1.165) is 25.4 Å². The first kappa shape index (κ1) is 19.7. The lowest BCUT2D eigenvalue weighted by atomic mass is 9.85. The summed E-state index contributed by atoms with van der Waals surface area (Å²) in [6.07, 6.45) is 0.518. The van der Waals surface area contributed by atoms with Crippen LogP contribution in [-0.4, -0.2) is 73.4 Å². The third kappa shape index (κ3) is 4.43. The summed E-state index contributed by atoms with van der Waals surface area (Å²) < 4.78 is 5.24. The Hall–Kier alpha value is -2.08. The lowest BCUT2D eigenvalue weighted by molar-refractivity contribution is -0.135. The highest BCUT2D eigenvalue weighted by Gasteiger charge is 2.46. The summed E-state index contributed by atoms with van der Waals surface area (Å²) in [6, 6.07) is 8.12. The largest absolute Gasteiger partial charge is 0.497 e. The van der Waals surface area contributed by atoms with Crippen LogP contribution in [0.3, 0.4) is 0 Å². The van der Waals surface area contributed by atoms with E-state index in [1.807, 2.05) is 42.8 Å². The van der Waals surface area contributed by atoms with Crippen LogP contribution in [0.5, 0.6) is 5.75 Å². The van der Waals surface area contributed by atoms with Crippen LogP contribution in [0.1, 0.15) is 25.8 Å². The molecule has 0 N–H and O–H groups in total. The SMILES string of the molecule is COc1ccc(CN2CCN(C(=O)C(C)C)CC3(CC(=O)N(C)C3)C2)cc1. The van der Waals surface area contributed by atoms with Crippen LogP contribution in [-0.2, 0) is 16.1 Å². The minimum Gasteiger partial charge on any atom is -0.497 e.